The Bertz CT molecular complexity index is 1940. The van der Waals surface area contributed by atoms with Crippen LogP contribution in [0.2, 0.25) is 5.02 Å². The lowest BCUT2D eigenvalue weighted by Crippen LogP contribution is -2.21. The van der Waals surface area contributed by atoms with Gasteiger partial charge in [-0.2, -0.15) is 33.3 Å². The number of benzene rings is 2. The van der Waals surface area contributed by atoms with Crippen molar-refractivity contribution in [2.24, 2.45) is 0 Å². The maximum Gasteiger partial charge on any atom is 0.434 e. The van der Waals surface area contributed by atoms with Crippen LogP contribution in [0.3, 0.4) is 0 Å². The largest absolute Gasteiger partial charge is 0.434 e. The quantitative estimate of drug-likeness (QED) is 0.355. The van der Waals surface area contributed by atoms with E-state index in [0.717, 1.165) is 6.20 Å². The van der Waals surface area contributed by atoms with Gasteiger partial charge in [-0.15, -0.1) is 0 Å². The van der Waals surface area contributed by atoms with Crippen molar-refractivity contribution in [1.82, 2.24) is 34.7 Å². The lowest BCUT2D eigenvalue weighted by Gasteiger charge is -2.14. The molecule has 6 aromatic rings. The van der Waals surface area contributed by atoms with E-state index in [9.17, 15) is 22.8 Å². The van der Waals surface area contributed by atoms with Crippen LogP contribution in [-0.2, 0) is 11.0 Å². The van der Waals surface area contributed by atoms with Crippen molar-refractivity contribution in [3.8, 4) is 11.4 Å². The fourth-order valence-electron chi connectivity index (χ4n) is 4.27. The summed E-state index contributed by atoms with van der Waals surface area (Å²) in [5.74, 6) is 0.721. The number of carbonyl (C=O) groups excluding carboxylic acids is 2. The number of carbonyl (C=O) groups is 1. The number of aromatic amines is 1. The van der Waals surface area contributed by atoms with Crippen molar-refractivity contribution in [2.45, 2.75) is 6.18 Å². The average molecular weight is 537 g/mol. The summed E-state index contributed by atoms with van der Waals surface area (Å²) in [4.78, 5) is 32.5. The molecule has 188 valence electrons. The van der Waals surface area contributed by atoms with E-state index in [0.29, 0.717) is 32.2 Å². The highest BCUT2D eigenvalue weighted by Gasteiger charge is 2.41. The number of rotatable bonds is 4. The highest BCUT2D eigenvalue weighted by atomic mass is 35.5. The molecule has 14 heteroatoms. The average Bonchev–Trinajstić information content (AvgIpc) is 3.64. The molecule has 0 aliphatic rings. The van der Waals surface area contributed by atoms with E-state index >= 15 is 0 Å². The number of H-pyrrole nitrogens is 1. The van der Waals surface area contributed by atoms with E-state index in [2.05, 4.69) is 30.6 Å². The molecular weight excluding hydrogens is 525 g/mol. The maximum atomic E-state index is 14.3. The number of amides is 1. The van der Waals surface area contributed by atoms with Crippen LogP contribution in [0.25, 0.3) is 33.2 Å². The van der Waals surface area contributed by atoms with Gasteiger partial charge in [0.1, 0.15) is 16.7 Å². The van der Waals surface area contributed by atoms with E-state index in [1.165, 1.54) is 41.6 Å². The van der Waals surface area contributed by atoms with Crippen LogP contribution in [-0.4, -0.2) is 46.6 Å². The molecule has 0 saturated carbocycles. The Labute approximate surface area is 214 Å². The van der Waals surface area contributed by atoms with Gasteiger partial charge < -0.3 is 10.3 Å². The lowest BCUT2D eigenvalue weighted by atomic mass is 10.1. The normalized spacial score (nSPS) is 11.8. The van der Waals surface area contributed by atoms with Crippen molar-refractivity contribution in [2.75, 3.05) is 5.32 Å². The summed E-state index contributed by atoms with van der Waals surface area (Å²) in [5.41, 5.74) is -1.14. The summed E-state index contributed by atoms with van der Waals surface area (Å²) in [6, 6.07) is 9.14. The SMILES string of the molecule is O=C=c1[nH]c2ncc(-n3ncc(C(=O)Nc4ccc(-n5nccn5)c(Cl)c4)c3C(F)(F)F)c3cccc1c23. The molecule has 0 unspecified atom stereocenters. The van der Waals surface area contributed by atoms with Gasteiger partial charge in [0.15, 0.2) is 11.6 Å². The molecule has 2 aromatic carbocycles. The van der Waals surface area contributed by atoms with Gasteiger partial charge in [0.25, 0.3) is 5.91 Å². The summed E-state index contributed by atoms with van der Waals surface area (Å²) in [7, 11) is 0. The number of pyridine rings is 1. The van der Waals surface area contributed by atoms with Crippen molar-refractivity contribution in [1.29, 1.82) is 0 Å². The van der Waals surface area contributed by atoms with Crippen LogP contribution in [0.4, 0.5) is 18.9 Å². The minimum absolute atomic E-state index is 0.0231. The minimum Gasteiger partial charge on any atom is -0.330 e. The zero-order chi connectivity index (χ0) is 26.6. The number of hydrogen-bond donors (Lipinski definition) is 2. The van der Waals surface area contributed by atoms with E-state index in [4.69, 9.17) is 11.6 Å². The zero-order valence-electron chi connectivity index (χ0n) is 18.8. The molecular formula is C24H12ClF3N8O2. The molecule has 10 nitrogen and oxygen atoms in total. The van der Waals surface area contributed by atoms with Gasteiger partial charge in [0.2, 0.25) is 0 Å². The highest BCUT2D eigenvalue weighted by molar-refractivity contribution is 6.32. The number of halogens is 4. The van der Waals surface area contributed by atoms with Crippen LogP contribution in [0.1, 0.15) is 16.1 Å². The first kappa shape index (κ1) is 23.4. The Morgan fingerprint density at radius 3 is 2.50 bits per heavy atom. The Balaban J connectivity index is 1.43. The molecule has 0 aliphatic carbocycles. The Morgan fingerprint density at radius 2 is 1.79 bits per heavy atom. The number of alkyl halides is 3. The van der Waals surface area contributed by atoms with Crippen molar-refractivity contribution in [3.05, 3.63) is 82.8 Å². The monoisotopic (exact) mass is 536 g/mol. The van der Waals surface area contributed by atoms with Gasteiger partial charge in [0.05, 0.1) is 41.1 Å². The zero-order valence-corrected chi connectivity index (χ0v) is 19.5. The van der Waals surface area contributed by atoms with E-state index < -0.39 is 23.3 Å². The second-order valence-electron chi connectivity index (χ2n) is 8.08. The highest BCUT2D eigenvalue weighted by Crippen LogP contribution is 2.36. The fraction of sp³-hybridized carbons (Fsp3) is 0.0417. The van der Waals surface area contributed by atoms with Gasteiger partial charge >= 0.3 is 6.18 Å². The minimum atomic E-state index is -4.95. The summed E-state index contributed by atoms with van der Waals surface area (Å²) >= 11 is 6.26. The fourth-order valence-corrected chi connectivity index (χ4v) is 4.53. The molecule has 4 heterocycles. The third-order valence-corrected chi connectivity index (χ3v) is 6.16. The van der Waals surface area contributed by atoms with E-state index in [-0.39, 0.29) is 21.7 Å². The first-order chi connectivity index (χ1) is 18.3. The summed E-state index contributed by atoms with van der Waals surface area (Å²) in [6.07, 6.45) is -0.0258. The summed E-state index contributed by atoms with van der Waals surface area (Å²) < 4.78 is 43.6. The van der Waals surface area contributed by atoms with Crippen LogP contribution in [0.15, 0.2) is 61.2 Å². The van der Waals surface area contributed by atoms with Crippen LogP contribution in [0, 0.1) is 0 Å². The van der Waals surface area contributed by atoms with Crippen LogP contribution in [0.5, 0.6) is 0 Å². The van der Waals surface area contributed by atoms with Gasteiger partial charge in [-0.05, 0) is 18.2 Å². The second-order valence-corrected chi connectivity index (χ2v) is 8.48. The van der Waals surface area contributed by atoms with Gasteiger partial charge in [-0.3, -0.25) is 4.79 Å². The predicted octanol–water partition coefficient (Wildman–Crippen LogP) is 3.63. The second kappa shape index (κ2) is 8.54. The number of anilines is 1. The lowest BCUT2D eigenvalue weighted by molar-refractivity contribution is -0.143. The maximum absolute atomic E-state index is 14.3. The third kappa shape index (κ3) is 3.69. The Kier molecular flexibility index (Phi) is 5.26. The van der Waals surface area contributed by atoms with Gasteiger partial charge in [-0.1, -0.05) is 29.8 Å². The van der Waals surface area contributed by atoms with Crippen molar-refractivity contribution < 1.29 is 22.8 Å². The molecule has 0 radical (unpaired) electrons. The standard InChI is InChI=1S/C24H12ClF3N8O2/c25-16-8-12(4-5-18(16)36-30-6-7-31-36)33-23(38)15-9-32-35(21(15)24(26,27)28)19-10-29-22-20-13(17(11-37)34-22)2-1-3-14(19)20/h1-10H,(H,29,34)(H,33,38). The first-order valence-electron chi connectivity index (χ1n) is 10.8. The molecule has 4 aromatic heterocycles. The van der Waals surface area contributed by atoms with E-state index in [1.54, 1.807) is 24.1 Å². The number of nitrogens with one attached hydrogen (secondary N) is 2. The van der Waals surface area contributed by atoms with Gasteiger partial charge in [0, 0.05) is 21.8 Å². The molecule has 0 atom stereocenters. The molecule has 2 N–H and O–H groups in total. The van der Waals surface area contributed by atoms with Gasteiger partial charge in [-0.25, -0.2) is 14.5 Å². The molecule has 1 amide bonds. The summed E-state index contributed by atoms with van der Waals surface area (Å²) in [6.45, 7) is 0. The first-order valence-corrected chi connectivity index (χ1v) is 11.2. The number of nitrogens with zero attached hydrogens (tertiary/aromatic N) is 6. The number of hydrogen-bond acceptors (Lipinski definition) is 6. The molecule has 0 fully saturated rings. The van der Waals surface area contributed by atoms with Crippen molar-refractivity contribution >= 4 is 50.9 Å². The molecule has 0 saturated heterocycles. The molecule has 6 rings (SSSR count). The molecule has 0 bridgehead atoms. The molecule has 0 aliphatic heterocycles. The van der Waals surface area contributed by atoms with Crippen LogP contribution < -0.4 is 10.7 Å². The molecule has 0 spiro atoms. The molecule has 38 heavy (non-hydrogen) atoms. The third-order valence-electron chi connectivity index (χ3n) is 5.86. The van der Waals surface area contributed by atoms with Crippen LogP contribution >= 0.6 is 11.6 Å². The smallest absolute Gasteiger partial charge is 0.330 e. The summed E-state index contributed by atoms with van der Waals surface area (Å²) in [5, 5.41) is 15.8. The Morgan fingerprint density at radius 1 is 1.03 bits per heavy atom. The Hall–Kier alpha value is -5.00. The topological polar surface area (TPSA) is 123 Å². The predicted molar refractivity (Wildman–Crippen MR) is 130 cm³/mol. The van der Waals surface area contributed by atoms with E-state index in [1.807, 2.05) is 0 Å². The number of aromatic nitrogens is 7. The van der Waals surface area contributed by atoms with Crippen molar-refractivity contribution in [3.63, 3.8) is 0 Å².